The van der Waals surface area contributed by atoms with Gasteiger partial charge in [-0.1, -0.05) is 18.3 Å². The molecular formula is C45H71N4O7+. The highest BCUT2D eigenvalue weighted by Crippen LogP contribution is 2.43. The van der Waals surface area contributed by atoms with E-state index in [9.17, 15) is 30.0 Å². The van der Waals surface area contributed by atoms with Crippen molar-refractivity contribution < 1.29 is 34.8 Å². The molecular weight excluding hydrogens is 709 g/mol. The zero-order chi connectivity index (χ0) is 39.6. The van der Waals surface area contributed by atoms with E-state index >= 15 is 0 Å². The van der Waals surface area contributed by atoms with E-state index in [-0.39, 0.29) is 48.5 Å². The molecule has 15 atom stereocenters. The van der Waals surface area contributed by atoms with Crippen LogP contribution >= 0.6 is 0 Å². The second-order valence-electron chi connectivity index (χ2n) is 18.4. The summed E-state index contributed by atoms with van der Waals surface area (Å²) < 4.78 is 5.67. The van der Waals surface area contributed by atoms with Gasteiger partial charge >= 0.3 is 0 Å². The Morgan fingerprint density at radius 3 is 2.57 bits per heavy atom. The van der Waals surface area contributed by atoms with Crippen molar-refractivity contribution in [3.05, 3.63) is 18.2 Å². The third kappa shape index (κ3) is 11.7. The van der Waals surface area contributed by atoms with Crippen LogP contribution in [-0.4, -0.2) is 102 Å². The van der Waals surface area contributed by atoms with E-state index in [2.05, 4.69) is 33.5 Å². The lowest BCUT2D eigenvalue weighted by Crippen LogP contribution is -2.50. The molecule has 2 saturated heterocycles. The van der Waals surface area contributed by atoms with E-state index in [0.29, 0.717) is 106 Å². The molecule has 8 N–H and O–H groups in total. The number of hydrogen-bond acceptors (Lipinski definition) is 11. The molecule has 11 nitrogen and oxygen atoms in total. The minimum Gasteiger partial charge on any atom is -0.396 e. The number of carbonyl (C=O) groups excluding carboxylic acids is 2. The number of fused-ring (bicyclic) bond motifs is 2. The number of ketones is 2. The van der Waals surface area contributed by atoms with Crippen molar-refractivity contribution in [1.29, 1.82) is 0 Å². The van der Waals surface area contributed by atoms with Crippen LogP contribution in [0.5, 0.6) is 0 Å². The van der Waals surface area contributed by atoms with Crippen LogP contribution in [-0.2, 0) is 14.3 Å². The Labute approximate surface area is 335 Å². The van der Waals surface area contributed by atoms with E-state index in [1.165, 1.54) is 5.57 Å². The van der Waals surface area contributed by atoms with Crippen LogP contribution in [0, 0.1) is 71.6 Å². The van der Waals surface area contributed by atoms with Crippen molar-refractivity contribution in [2.75, 3.05) is 26.8 Å². The fraction of sp³-hybridized carbons (Fsp3) is 0.822. The van der Waals surface area contributed by atoms with Crippen LogP contribution in [0.1, 0.15) is 116 Å². The van der Waals surface area contributed by atoms with E-state index < -0.39 is 24.2 Å². The quantitative estimate of drug-likeness (QED) is 0.0845. The average Bonchev–Trinajstić information content (AvgIpc) is 3.72. The summed E-state index contributed by atoms with van der Waals surface area (Å²) in [6.45, 7) is 3.67. The summed E-state index contributed by atoms with van der Waals surface area (Å²) >= 11 is 0. The monoisotopic (exact) mass is 780 g/mol. The van der Waals surface area contributed by atoms with Crippen molar-refractivity contribution in [3.63, 3.8) is 0 Å². The van der Waals surface area contributed by atoms with Crippen molar-refractivity contribution in [1.82, 2.24) is 10.6 Å². The van der Waals surface area contributed by atoms with E-state index in [0.717, 1.165) is 58.0 Å². The molecule has 6 aliphatic rings. The van der Waals surface area contributed by atoms with Crippen LogP contribution in [0.25, 0.3) is 0 Å². The molecule has 312 valence electrons. The number of piperidine rings is 2. The molecule has 6 rings (SSSR count). The Kier molecular flexibility index (Phi) is 16.5. The molecule has 4 fully saturated rings. The van der Waals surface area contributed by atoms with Crippen molar-refractivity contribution in [2.24, 2.45) is 64.0 Å². The summed E-state index contributed by atoms with van der Waals surface area (Å²) in [5.74, 6) is 8.56. The van der Waals surface area contributed by atoms with Crippen LogP contribution in [0.2, 0.25) is 0 Å². The molecule has 2 saturated carbocycles. The fourth-order valence-electron chi connectivity index (χ4n) is 11.4. The maximum atomic E-state index is 13.7. The zero-order valence-electron chi connectivity index (χ0n) is 33.8. The highest BCUT2D eigenvalue weighted by molar-refractivity contribution is 5.84. The number of nitrogens with zero attached hydrogens (tertiary/aromatic N) is 1. The first-order valence-electron chi connectivity index (χ1n) is 22.1. The van der Waals surface area contributed by atoms with Gasteiger partial charge in [-0.05, 0) is 131 Å². The Hall–Kier alpha value is -2.14. The number of aliphatic imine (C=N–C) groups is 1. The molecule has 0 aromatic rings. The number of Topliss-reactive ketones (excluding diaryl/α,β-unsaturated/α-hetero) is 2. The van der Waals surface area contributed by atoms with Crippen LogP contribution < -0.4 is 16.4 Å². The minimum atomic E-state index is -0.875. The normalized spacial score (nSPS) is 37.7. The lowest BCUT2D eigenvalue weighted by atomic mass is 9.67. The fourth-order valence-corrected chi connectivity index (χ4v) is 11.4. The third-order valence-electron chi connectivity index (χ3n) is 14.8. The van der Waals surface area contributed by atoms with Crippen LogP contribution in [0.3, 0.4) is 0 Å². The average molecular weight is 780 g/mol. The number of aliphatic hydroxyl groups excluding tert-OH is 4. The van der Waals surface area contributed by atoms with E-state index in [1.54, 1.807) is 7.11 Å². The van der Waals surface area contributed by atoms with Gasteiger partial charge in [0.05, 0.1) is 36.7 Å². The second-order valence-corrected chi connectivity index (χ2v) is 18.4. The molecule has 0 bridgehead atoms. The molecule has 0 aromatic carbocycles. The lowest BCUT2D eigenvalue weighted by molar-refractivity contribution is -0.125. The summed E-state index contributed by atoms with van der Waals surface area (Å²) in [4.78, 5) is 30.0. The smallest absolute Gasteiger partial charge is 0.176 e. The summed E-state index contributed by atoms with van der Waals surface area (Å²) in [5, 5.41) is 51.0. The number of rotatable bonds is 17. The number of ether oxygens (including phenoxy) is 1. The molecule has 11 heteroatoms. The van der Waals surface area contributed by atoms with Gasteiger partial charge < -0.3 is 41.5 Å². The standard InChI is InChI=1S/C45H71N4O7/c1-56-44-21-32-9-14-42(54)38(41(53)4-2-3-29(16-18-50)35-20-33-7-12-37(52)23-40(33)48-26-35)13-8-30(39(32)24-43(44)55)5-10-36(51)11-6-31-22-45(46)49-27-34(31)19-28-15-17-47-25-28/h15,17,25,29-36,38-41,43-45,48-51,53,55H,2-7,9-12,14,16,18-24,26-27,46H2,1H3/q+1. The number of aliphatic hydroxyl groups is 4. The molecule has 0 aromatic heterocycles. The molecule has 3 heterocycles. The van der Waals surface area contributed by atoms with Gasteiger partial charge in [-0.25, -0.2) is 0 Å². The highest BCUT2D eigenvalue weighted by atomic mass is 16.5. The SMILES string of the molecule is COC1CC2CCC(=O)C(C(O)CCCC(CCO)C3CNC4CC(=O)CCC4C3)C#CC(CCC(O)CCC3CC(N)NCC3CC3=C[CH+]N=C3)C2CC1O. The van der Waals surface area contributed by atoms with Crippen LogP contribution in [0.15, 0.2) is 16.6 Å². The first-order valence-corrected chi connectivity index (χ1v) is 22.1. The zero-order valence-corrected chi connectivity index (χ0v) is 33.8. The summed E-state index contributed by atoms with van der Waals surface area (Å²) in [7, 11) is 1.63. The highest BCUT2D eigenvalue weighted by Gasteiger charge is 2.42. The number of allylic oxidation sites excluding steroid dienone is 1. The Morgan fingerprint density at radius 1 is 0.964 bits per heavy atom. The number of nitrogens with two attached hydrogens (primary N) is 1. The van der Waals surface area contributed by atoms with E-state index in [4.69, 9.17) is 10.5 Å². The summed E-state index contributed by atoms with van der Waals surface area (Å²) in [6.07, 6.45) is 14.7. The largest absolute Gasteiger partial charge is 0.396 e. The predicted molar refractivity (Wildman–Crippen MR) is 217 cm³/mol. The van der Waals surface area contributed by atoms with Gasteiger partial charge in [0, 0.05) is 57.9 Å². The Morgan fingerprint density at radius 2 is 1.79 bits per heavy atom. The first-order chi connectivity index (χ1) is 27.1. The molecule has 0 radical (unpaired) electrons. The Balaban J connectivity index is 1.07. The molecule has 56 heavy (non-hydrogen) atoms. The van der Waals surface area contributed by atoms with Gasteiger partial charge in [-0.15, -0.1) is 4.99 Å². The van der Waals surface area contributed by atoms with Gasteiger partial charge in [0.1, 0.15) is 29.6 Å². The number of methoxy groups -OCH3 is 1. The van der Waals surface area contributed by atoms with Gasteiger partial charge in [0.2, 0.25) is 0 Å². The second kappa shape index (κ2) is 21.2. The number of carbonyl (C=O) groups is 2. The van der Waals surface area contributed by atoms with Crippen molar-refractivity contribution >= 4 is 17.8 Å². The summed E-state index contributed by atoms with van der Waals surface area (Å²) in [6, 6.07) is 0.280. The predicted octanol–water partition coefficient (Wildman–Crippen LogP) is 3.86. The molecule has 3 aliphatic heterocycles. The van der Waals surface area contributed by atoms with Gasteiger partial charge in [-0.3, -0.25) is 9.59 Å². The minimum absolute atomic E-state index is 0.0157. The number of hydrogen-bond donors (Lipinski definition) is 7. The molecule has 0 spiro atoms. The van der Waals surface area contributed by atoms with E-state index in [1.807, 2.05) is 12.8 Å². The maximum Gasteiger partial charge on any atom is 0.176 e. The maximum absolute atomic E-state index is 13.7. The van der Waals surface area contributed by atoms with Crippen molar-refractivity contribution in [3.8, 4) is 11.8 Å². The molecule has 3 aliphatic carbocycles. The van der Waals surface area contributed by atoms with Crippen molar-refractivity contribution in [2.45, 2.75) is 152 Å². The molecule has 0 amide bonds. The third-order valence-corrected chi connectivity index (χ3v) is 14.8. The molecule has 15 unspecified atom stereocenters. The summed E-state index contributed by atoms with van der Waals surface area (Å²) in [5.41, 5.74) is 7.55. The van der Waals surface area contributed by atoms with Gasteiger partial charge in [0.15, 0.2) is 6.21 Å². The van der Waals surface area contributed by atoms with Gasteiger partial charge in [-0.2, -0.15) is 0 Å². The first kappa shape index (κ1) is 43.4. The topological polar surface area (TPSA) is 187 Å². The lowest BCUT2D eigenvalue weighted by Gasteiger charge is -2.42. The van der Waals surface area contributed by atoms with Crippen LogP contribution in [0.4, 0.5) is 0 Å². The number of nitrogens with one attached hydrogen (secondary N) is 2. The Bertz CT molecular complexity index is 1410. The van der Waals surface area contributed by atoms with Gasteiger partial charge in [0.25, 0.3) is 0 Å².